The zero-order valence-electron chi connectivity index (χ0n) is 16.9. The molecule has 0 aliphatic carbocycles. The number of aromatic nitrogens is 5. The standard InChI is InChI=1S/C20H23N7O3/c1-29-15-5-6-16(17(10-15)30-2)23-20(28)14-4-3-9-26(11-14)18-7-8-19(25-24-18)27-13-21-12-22-27/h5-8,10,12-14H,3-4,9,11H2,1-2H3,(H,23,28). The van der Waals surface area contributed by atoms with Crippen molar-refractivity contribution < 1.29 is 14.3 Å². The average molecular weight is 409 g/mol. The fourth-order valence-electron chi connectivity index (χ4n) is 3.47. The summed E-state index contributed by atoms with van der Waals surface area (Å²) in [7, 11) is 3.15. The van der Waals surface area contributed by atoms with Crippen LogP contribution in [0.2, 0.25) is 0 Å². The van der Waals surface area contributed by atoms with Gasteiger partial charge in [0.05, 0.1) is 25.8 Å². The summed E-state index contributed by atoms with van der Waals surface area (Å²) in [6, 6.07) is 9.04. The molecule has 1 atom stereocenters. The number of benzene rings is 1. The van der Waals surface area contributed by atoms with Crippen LogP contribution in [-0.4, -0.2) is 58.2 Å². The summed E-state index contributed by atoms with van der Waals surface area (Å²) in [6.45, 7) is 1.40. The first-order valence-corrected chi connectivity index (χ1v) is 9.64. The number of methoxy groups -OCH3 is 2. The first-order chi connectivity index (χ1) is 14.7. The molecule has 0 saturated carbocycles. The van der Waals surface area contributed by atoms with Crippen LogP contribution in [0.25, 0.3) is 5.82 Å². The molecule has 1 aliphatic heterocycles. The van der Waals surface area contributed by atoms with Crippen molar-refractivity contribution in [2.45, 2.75) is 12.8 Å². The summed E-state index contributed by atoms with van der Waals surface area (Å²) in [5.41, 5.74) is 0.623. The third-order valence-electron chi connectivity index (χ3n) is 5.07. The van der Waals surface area contributed by atoms with E-state index in [1.807, 2.05) is 12.1 Å². The summed E-state index contributed by atoms with van der Waals surface area (Å²) in [4.78, 5) is 18.9. The molecule has 0 bridgehead atoms. The smallest absolute Gasteiger partial charge is 0.229 e. The van der Waals surface area contributed by atoms with Crippen molar-refractivity contribution in [3.63, 3.8) is 0 Å². The van der Waals surface area contributed by atoms with E-state index >= 15 is 0 Å². The number of carbonyl (C=O) groups excluding carboxylic acids is 1. The Bertz CT molecular complexity index is 992. The van der Waals surface area contributed by atoms with Crippen LogP contribution in [0.15, 0.2) is 43.0 Å². The van der Waals surface area contributed by atoms with Gasteiger partial charge in [-0.25, -0.2) is 9.67 Å². The van der Waals surface area contributed by atoms with Crippen LogP contribution in [0.1, 0.15) is 12.8 Å². The molecule has 1 N–H and O–H groups in total. The van der Waals surface area contributed by atoms with Gasteiger partial charge in [-0.2, -0.15) is 5.10 Å². The van der Waals surface area contributed by atoms with Crippen LogP contribution in [0, 0.1) is 5.92 Å². The molecule has 0 spiro atoms. The Morgan fingerprint density at radius 2 is 1.97 bits per heavy atom. The lowest BCUT2D eigenvalue weighted by molar-refractivity contribution is -0.120. The van der Waals surface area contributed by atoms with Crippen LogP contribution in [-0.2, 0) is 4.79 Å². The molecular formula is C20H23N7O3. The Morgan fingerprint density at radius 1 is 1.13 bits per heavy atom. The highest BCUT2D eigenvalue weighted by Crippen LogP contribution is 2.30. The zero-order valence-corrected chi connectivity index (χ0v) is 16.9. The maximum atomic E-state index is 12.9. The number of hydrogen-bond donors (Lipinski definition) is 1. The van der Waals surface area contributed by atoms with E-state index in [0.29, 0.717) is 29.5 Å². The lowest BCUT2D eigenvalue weighted by Gasteiger charge is -2.32. The third-order valence-corrected chi connectivity index (χ3v) is 5.07. The summed E-state index contributed by atoms with van der Waals surface area (Å²) < 4.78 is 12.1. The van der Waals surface area contributed by atoms with Gasteiger partial charge in [0.25, 0.3) is 0 Å². The number of nitrogens with zero attached hydrogens (tertiary/aromatic N) is 6. The Kier molecular flexibility index (Phi) is 5.73. The Balaban J connectivity index is 1.43. The number of hydrogen-bond acceptors (Lipinski definition) is 8. The van der Waals surface area contributed by atoms with Gasteiger partial charge >= 0.3 is 0 Å². The van der Waals surface area contributed by atoms with E-state index in [1.54, 1.807) is 43.4 Å². The van der Waals surface area contributed by atoms with Crippen molar-refractivity contribution in [3.8, 4) is 17.3 Å². The van der Waals surface area contributed by atoms with Gasteiger partial charge in [0, 0.05) is 19.2 Å². The van der Waals surface area contributed by atoms with Gasteiger partial charge in [-0.05, 0) is 37.1 Å². The third kappa shape index (κ3) is 4.17. The second kappa shape index (κ2) is 8.76. The first-order valence-electron chi connectivity index (χ1n) is 9.64. The number of nitrogens with one attached hydrogen (secondary N) is 1. The van der Waals surface area contributed by atoms with Crippen LogP contribution < -0.4 is 19.7 Å². The molecule has 4 rings (SSSR count). The van der Waals surface area contributed by atoms with E-state index in [9.17, 15) is 4.79 Å². The van der Waals surface area contributed by atoms with E-state index in [0.717, 1.165) is 25.2 Å². The molecule has 30 heavy (non-hydrogen) atoms. The molecule has 156 valence electrons. The molecule has 1 amide bonds. The topological polar surface area (TPSA) is 107 Å². The van der Waals surface area contributed by atoms with E-state index in [2.05, 4.69) is 30.5 Å². The minimum atomic E-state index is -0.164. The Hall–Kier alpha value is -3.69. The number of rotatable bonds is 6. The van der Waals surface area contributed by atoms with Crippen molar-refractivity contribution in [1.29, 1.82) is 0 Å². The minimum absolute atomic E-state index is 0.0460. The van der Waals surface area contributed by atoms with Gasteiger partial charge in [0.15, 0.2) is 11.6 Å². The molecule has 1 unspecified atom stereocenters. The number of piperidine rings is 1. The number of anilines is 2. The van der Waals surface area contributed by atoms with Crippen LogP contribution >= 0.6 is 0 Å². The zero-order chi connectivity index (χ0) is 20.9. The van der Waals surface area contributed by atoms with Crippen molar-refractivity contribution in [2.24, 2.45) is 5.92 Å². The lowest BCUT2D eigenvalue weighted by atomic mass is 9.97. The fraction of sp³-hybridized carbons (Fsp3) is 0.350. The van der Waals surface area contributed by atoms with Gasteiger partial charge in [0.1, 0.15) is 24.2 Å². The van der Waals surface area contributed by atoms with E-state index in [1.165, 1.54) is 6.33 Å². The highest BCUT2D eigenvalue weighted by Gasteiger charge is 2.27. The summed E-state index contributed by atoms with van der Waals surface area (Å²) in [5.74, 6) is 2.34. The molecule has 1 aromatic carbocycles. The highest BCUT2D eigenvalue weighted by atomic mass is 16.5. The second-order valence-corrected chi connectivity index (χ2v) is 6.93. The fourth-order valence-corrected chi connectivity index (χ4v) is 3.47. The van der Waals surface area contributed by atoms with Crippen molar-refractivity contribution in [1.82, 2.24) is 25.0 Å². The second-order valence-electron chi connectivity index (χ2n) is 6.93. The van der Waals surface area contributed by atoms with Gasteiger partial charge in [-0.15, -0.1) is 10.2 Å². The van der Waals surface area contributed by atoms with E-state index in [-0.39, 0.29) is 11.8 Å². The molecule has 1 fully saturated rings. The predicted molar refractivity (Wildman–Crippen MR) is 110 cm³/mol. The summed E-state index contributed by atoms with van der Waals surface area (Å²) in [5, 5.41) is 15.5. The Morgan fingerprint density at radius 3 is 2.67 bits per heavy atom. The maximum absolute atomic E-state index is 12.9. The first kappa shape index (κ1) is 19.6. The van der Waals surface area contributed by atoms with Crippen LogP contribution in [0.4, 0.5) is 11.5 Å². The van der Waals surface area contributed by atoms with Gasteiger partial charge in [0.2, 0.25) is 5.91 Å². The van der Waals surface area contributed by atoms with Crippen molar-refractivity contribution in [2.75, 3.05) is 37.5 Å². The highest BCUT2D eigenvalue weighted by molar-refractivity contribution is 5.94. The average Bonchev–Trinajstić information content (AvgIpc) is 3.34. The molecule has 10 nitrogen and oxygen atoms in total. The summed E-state index contributed by atoms with van der Waals surface area (Å²) in [6.07, 6.45) is 4.72. The molecule has 3 heterocycles. The SMILES string of the molecule is COc1ccc(NC(=O)C2CCCN(c3ccc(-n4cncn4)nn3)C2)c(OC)c1. The van der Waals surface area contributed by atoms with E-state index < -0.39 is 0 Å². The normalized spacial score (nSPS) is 16.2. The predicted octanol–water partition coefficient (Wildman–Crippen LogP) is 1.93. The monoisotopic (exact) mass is 409 g/mol. The largest absolute Gasteiger partial charge is 0.497 e. The van der Waals surface area contributed by atoms with Gasteiger partial charge in [-0.1, -0.05) is 0 Å². The van der Waals surface area contributed by atoms with Crippen molar-refractivity contribution in [3.05, 3.63) is 43.0 Å². The van der Waals surface area contributed by atoms with Crippen molar-refractivity contribution >= 4 is 17.4 Å². The maximum Gasteiger partial charge on any atom is 0.229 e. The Labute approximate surface area is 173 Å². The molecular weight excluding hydrogens is 386 g/mol. The molecule has 1 aliphatic rings. The number of ether oxygens (including phenoxy) is 2. The van der Waals surface area contributed by atoms with E-state index in [4.69, 9.17) is 9.47 Å². The minimum Gasteiger partial charge on any atom is -0.497 e. The van der Waals surface area contributed by atoms with Crippen LogP contribution in [0.3, 0.4) is 0 Å². The quantitative estimate of drug-likeness (QED) is 0.658. The number of carbonyl (C=O) groups is 1. The molecule has 1 saturated heterocycles. The number of amides is 1. The van der Waals surface area contributed by atoms with Gasteiger partial charge < -0.3 is 19.7 Å². The molecule has 3 aromatic rings. The lowest BCUT2D eigenvalue weighted by Crippen LogP contribution is -2.41. The molecule has 10 heteroatoms. The summed E-state index contributed by atoms with van der Waals surface area (Å²) >= 11 is 0. The van der Waals surface area contributed by atoms with Crippen LogP contribution in [0.5, 0.6) is 11.5 Å². The van der Waals surface area contributed by atoms with Gasteiger partial charge in [-0.3, -0.25) is 4.79 Å². The molecule has 0 radical (unpaired) electrons. The molecule has 2 aromatic heterocycles.